The predicted octanol–water partition coefficient (Wildman–Crippen LogP) is 2.87. The predicted molar refractivity (Wildman–Crippen MR) is 70.3 cm³/mol. The Hall–Kier alpha value is -1.87. The lowest BCUT2D eigenvalue weighted by Crippen LogP contribution is -2.35. The topological polar surface area (TPSA) is 35.5 Å². The molecule has 0 aliphatic rings. The van der Waals surface area contributed by atoms with Gasteiger partial charge in [0.15, 0.2) is 5.60 Å². The molecule has 0 saturated carbocycles. The molecule has 2 rings (SSSR count). The molecule has 0 aliphatic heterocycles. The lowest BCUT2D eigenvalue weighted by molar-refractivity contribution is -0.165. The Morgan fingerprint density at radius 2 is 1.72 bits per heavy atom. The van der Waals surface area contributed by atoms with Gasteiger partial charge >= 0.3 is 5.97 Å². The van der Waals surface area contributed by atoms with E-state index in [0.29, 0.717) is 0 Å². The molecule has 0 radical (unpaired) electrons. The summed E-state index contributed by atoms with van der Waals surface area (Å²) in [5.74, 6) is -0.402. The van der Waals surface area contributed by atoms with Crippen molar-refractivity contribution < 1.29 is 14.3 Å². The van der Waals surface area contributed by atoms with E-state index in [1.165, 1.54) is 14.2 Å². The Balaban J connectivity index is 2.69. The number of methoxy groups -OCH3 is 2. The highest BCUT2D eigenvalue weighted by Gasteiger charge is 2.37. The van der Waals surface area contributed by atoms with E-state index in [1.54, 1.807) is 6.92 Å². The Kier molecular flexibility index (Phi) is 3.34. The van der Waals surface area contributed by atoms with Crippen molar-refractivity contribution >= 4 is 16.7 Å². The summed E-state index contributed by atoms with van der Waals surface area (Å²) >= 11 is 0. The molecule has 18 heavy (non-hydrogen) atoms. The van der Waals surface area contributed by atoms with Gasteiger partial charge in [-0.3, -0.25) is 0 Å². The van der Waals surface area contributed by atoms with Gasteiger partial charge in [-0.05, 0) is 17.7 Å². The molecule has 0 bridgehead atoms. The van der Waals surface area contributed by atoms with Crippen molar-refractivity contribution in [3.63, 3.8) is 0 Å². The number of esters is 1. The number of hydrogen-bond donors (Lipinski definition) is 0. The summed E-state index contributed by atoms with van der Waals surface area (Å²) in [6, 6.07) is 13.7. The highest BCUT2D eigenvalue weighted by molar-refractivity contribution is 5.92. The molecule has 1 atom stereocenters. The zero-order chi connectivity index (χ0) is 13.2. The van der Waals surface area contributed by atoms with Gasteiger partial charge in [0.2, 0.25) is 0 Å². The van der Waals surface area contributed by atoms with Crippen LogP contribution >= 0.6 is 0 Å². The second-order valence-corrected chi connectivity index (χ2v) is 4.26. The molecule has 3 heteroatoms. The van der Waals surface area contributed by atoms with Gasteiger partial charge in [0, 0.05) is 12.7 Å². The third kappa shape index (κ3) is 1.87. The molecule has 0 N–H and O–H groups in total. The summed E-state index contributed by atoms with van der Waals surface area (Å²) in [4.78, 5) is 12.0. The fourth-order valence-electron chi connectivity index (χ4n) is 2.14. The van der Waals surface area contributed by atoms with E-state index < -0.39 is 11.6 Å². The maximum Gasteiger partial charge on any atom is 0.342 e. The van der Waals surface area contributed by atoms with E-state index in [0.717, 1.165) is 16.3 Å². The molecule has 0 fully saturated rings. The minimum absolute atomic E-state index is 0.402. The Morgan fingerprint density at radius 1 is 1.06 bits per heavy atom. The number of hydrogen-bond acceptors (Lipinski definition) is 3. The summed E-state index contributed by atoms with van der Waals surface area (Å²) < 4.78 is 10.3. The minimum atomic E-state index is -1.09. The smallest absolute Gasteiger partial charge is 0.342 e. The van der Waals surface area contributed by atoms with Crippen LogP contribution in [0.5, 0.6) is 0 Å². The molecule has 2 aromatic carbocycles. The second kappa shape index (κ2) is 4.78. The van der Waals surface area contributed by atoms with Gasteiger partial charge < -0.3 is 9.47 Å². The van der Waals surface area contributed by atoms with Crippen molar-refractivity contribution in [1.29, 1.82) is 0 Å². The quantitative estimate of drug-likeness (QED) is 0.779. The molecule has 0 unspecified atom stereocenters. The largest absolute Gasteiger partial charge is 0.467 e. The van der Waals surface area contributed by atoms with E-state index in [9.17, 15) is 4.79 Å². The van der Waals surface area contributed by atoms with E-state index in [4.69, 9.17) is 9.47 Å². The first-order chi connectivity index (χ1) is 8.63. The lowest BCUT2D eigenvalue weighted by atomic mass is 9.90. The first-order valence-corrected chi connectivity index (χ1v) is 5.75. The van der Waals surface area contributed by atoms with Crippen molar-refractivity contribution in [3.8, 4) is 0 Å². The Bertz CT molecular complexity index is 571. The first kappa shape index (κ1) is 12.6. The molecule has 0 aliphatic carbocycles. The SMILES string of the molecule is COC(=O)[C@](C)(OC)c1cccc2ccccc12. The third-order valence-corrected chi connectivity index (χ3v) is 3.29. The van der Waals surface area contributed by atoms with Crippen molar-refractivity contribution in [1.82, 2.24) is 0 Å². The molecule has 3 nitrogen and oxygen atoms in total. The lowest BCUT2D eigenvalue weighted by Gasteiger charge is -2.26. The Labute approximate surface area is 106 Å². The zero-order valence-electron chi connectivity index (χ0n) is 10.8. The van der Waals surface area contributed by atoms with Gasteiger partial charge in [0.1, 0.15) is 0 Å². The molecule has 0 saturated heterocycles. The fraction of sp³-hybridized carbons (Fsp3) is 0.267. The van der Waals surface area contributed by atoms with Crippen molar-refractivity contribution in [2.75, 3.05) is 14.2 Å². The number of benzene rings is 2. The van der Waals surface area contributed by atoms with E-state index >= 15 is 0 Å². The van der Waals surface area contributed by atoms with Gasteiger partial charge in [-0.2, -0.15) is 0 Å². The van der Waals surface area contributed by atoms with Crippen LogP contribution < -0.4 is 0 Å². The number of fused-ring (bicyclic) bond motifs is 1. The van der Waals surface area contributed by atoms with Crippen LogP contribution in [0, 0.1) is 0 Å². The number of carbonyl (C=O) groups is 1. The first-order valence-electron chi connectivity index (χ1n) is 5.75. The van der Waals surface area contributed by atoms with Crippen molar-refractivity contribution in [2.45, 2.75) is 12.5 Å². The molecule has 0 spiro atoms. The molecule has 0 amide bonds. The normalized spacial score (nSPS) is 14.2. The zero-order valence-corrected chi connectivity index (χ0v) is 10.8. The standard InChI is InChI=1S/C15H16O3/c1-15(18-3,14(16)17-2)13-10-6-8-11-7-4-5-9-12(11)13/h4-10H,1-3H3/t15-/m1/s1. The van der Waals surface area contributed by atoms with Gasteiger partial charge in [-0.1, -0.05) is 42.5 Å². The highest BCUT2D eigenvalue weighted by atomic mass is 16.6. The summed E-state index contributed by atoms with van der Waals surface area (Å²) in [5, 5.41) is 2.07. The molecular formula is C15H16O3. The third-order valence-electron chi connectivity index (χ3n) is 3.29. The maximum absolute atomic E-state index is 12.0. The van der Waals surface area contributed by atoms with Gasteiger partial charge in [0.05, 0.1) is 7.11 Å². The summed E-state index contributed by atoms with van der Waals surface area (Å²) in [5.41, 5.74) is -0.273. The molecule has 2 aromatic rings. The summed E-state index contributed by atoms with van der Waals surface area (Å²) in [6.07, 6.45) is 0. The van der Waals surface area contributed by atoms with E-state index in [1.807, 2.05) is 42.5 Å². The van der Waals surface area contributed by atoms with Crippen LogP contribution in [0.2, 0.25) is 0 Å². The second-order valence-electron chi connectivity index (χ2n) is 4.26. The van der Waals surface area contributed by atoms with Crippen LogP contribution in [0.1, 0.15) is 12.5 Å². The monoisotopic (exact) mass is 244 g/mol. The van der Waals surface area contributed by atoms with Gasteiger partial charge in [-0.25, -0.2) is 4.79 Å². The molecule has 94 valence electrons. The van der Waals surface area contributed by atoms with Crippen LogP contribution in [0.3, 0.4) is 0 Å². The number of ether oxygens (including phenoxy) is 2. The average molecular weight is 244 g/mol. The molecule has 0 aromatic heterocycles. The van der Waals surface area contributed by atoms with Crippen LogP contribution in [0.25, 0.3) is 10.8 Å². The number of rotatable bonds is 3. The van der Waals surface area contributed by atoms with Crippen molar-refractivity contribution in [3.05, 3.63) is 48.0 Å². The Morgan fingerprint density at radius 3 is 2.39 bits per heavy atom. The molecular weight excluding hydrogens is 228 g/mol. The van der Waals surface area contributed by atoms with Gasteiger partial charge in [-0.15, -0.1) is 0 Å². The van der Waals surface area contributed by atoms with Crippen LogP contribution in [-0.2, 0) is 19.9 Å². The van der Waals surface area contributed by atoms with Crippen LogP contribution in [0.15, 0.2) is 42.5 Å². The summed E-state index contributed by atoms with van der Waals surface area (Å²) in [7, 11) is 2.88. The summed E-state index contributed by atoms with van der Waals surface area (Å²) in [6.45, 7) is 1.72. The fourth-order valence-corrected chi connectivity index (χ4v) is 2.14. The maximum atomic E-state index is 12.0. The van der Waals surface area contributed by atoms with Crippen molar-refractivity contribution in [2.24, 2.45) is 0 Å². The highest BCUT2D eigenvalue weighted by Crippen LogP contribution is 2.32. The van der Waals surface area contributed by atoms with Crippen LogP contribution in [0.4, 0.5) is 0 Å². The molecule has 0 heterocycles. The van der Waals surface area contributed by atoms with E-state index in [2.05, 4.69) is 0 Å². The average Bonchev–Trinajstić information content (AvgIpc) is 2.45. The van der Waals surface area contributed by atoms with E-state index in [-0.39, 0.29) is 0 Å². The van der Waals surface area contributed by atoms with Crippen LogP contribution in [-0.4, -0.2) is 20.2 Å². The van der Waals surface area contributed by atoms with Gasteiger partial charge in [0.25, 0.3) is 0 Å². The number of carbonyl (C=O) groups excluding carboxylic acids is 1. The minimum Gasteiger partial charge on any atom is -0.467 e.